The Balaban J connectivity index is 2.43. The van der Waals surface area contributed by atoms with Gasteiger partial charge in [0.05, 0.1) is 0 Å². The normalized spacial score (nSPS) is 9.70. The SMILES string of the molecule is COCNC(=O)Oc1ccc(OC(=O)NCOC)cc1. The molecule has 0 aliphatic rings. The summed E-state index contributed by atoms with van der Waals surface area (Å²) in [5.74, 6) is 0.617. The van der Waals surface area contributed by atoms with Crippen molar-refractivity contribution in [1.82, 2.24) is 10.6 Å². The Kier molecular flexibility index (Phi) is 6.87. The fraction of sp³-hybridized carbons (Fsp3) is 0.333. The molecule has 8 nitrogen and oxygen atoms in total. The van der Waals surface area contributed by atoms with Crippen LogP contribution in [0.1, 0.15) is 0 Å². The number of carbonyl (C=O) groups excluding carboxylic acids is 2. The molecule has 0 aliphatic carbocycles. The van der Waals surface area contributed by atoms with Gasteiger partial charge in [-0.15, -0.1) is 0 Å². The minimum atomic E-state index is -0.640. The Morgan fingerprint density at radius 2 is 1.20 bits per heavy atom. The minimum Gasteiger partial charge on any atom is -0.410 e. The lowest BCUT2D eigenvalue weighted by Gasteiger charge is -2.07. The van der Waals surface area contributed by atoms with Crippen LogP contribution in [0.4, 0.5) is 9.59 Å². The molecule has 110 valence electrons. The third-order valence-electron chi connectivity index (χ3n) is 1.97. The van der Waals surface area contributed by atoms with Crippen LogP contribution in [0.15, 0.2) is 24.3 Å². The van der Waals surface area contributed by atoms with Crippen LogP contribution in [0.5, 0.6) is 11.5 Å². The van der Waals surface area contributed by atoms with E-state index in [2.05, 4.69) is 20.1 Å². The van der Waals surface area contributed by atoms with Gasteiger partial charge in [0, 0.05) is 14.2 Å². The van der Waals surface area contributed by atoms with Crippen molar-refractivity contribution < 1.29 is 28.5 Å². The molecule has 1 aromatic carbocycles. The van der Waals surface area contributed by atoms with Crippen molar-refractivity contribution in [2.75, 3.05) is 27.7 Å². The maximum absolute atomic E-state index is 11.2. The molecule has 0 fully saturated rings. The number of nitrogens with one attached hydrogen (secondary N) is 2. The summed E-state index contributed by atoms with van der Waals surface area (Å²) in [7, 11) is 2.89. The van der Waals surface area contributed by atoms with Crippen molar-refractivity contribution in [3.8, 4) is 11.5 Å². The molecule has 0 saturated carbocycles. The van der Waals surface area contributed by atoms with Crippen LogP contribution in [0.25, 0.3) is 0 Å². The number of benzene rings is 1. The Hall–Kier alpha value is -2.32. The van der Waals surface area contributed by atoms with Crippen molar-refractivity contribution in [1.29, 1.82) is 0 Å². The summed E-state index contributed by atoms with van der Waals surface area (Å²) in [6.07, 6.45) is -1.28. The third-order valence-corrected chi connectivity index (χ3v) is 1.97. The van der Waals surface area contributed by atoms with Gasteiger partial charge in [-0.1, -0.05) is 0 Å². The van der Waals surface area contributed by atoms with Gasteiger partial charge in [0.1, 0.15) is 25.0 Å². The highest BCUT2D eigenvalue weighted by molar-refractivity contribution is 5.71. The predicted molar refractivity (Wildman–Crippen MR) is 68.5 cm³/mol. The number of hydrogen-bond acceptors (Lipinski definition) is 6. The zero-order valence-electron chi connectivity index (χ0n) is 11.2. The van der Waals surface area contributed by atoms with Gasteiger partial charge >= 0.3 is 12.2 Å². The smallest absolute Gasteiger partial charge is 0.410 e. The van der Waals surface area contributed by atoms with E-state index in [0.29, 0.717) is 11.5 Å². The van der Waals surface area contributed by atoms with Crippen molar-refractivity contribution >= 4 is 12.2 Å². The molecule has 8 heteroatoms. The number of ether oxygens (including phenoxy) is 4. The van der Waals surface area contributed by atoms with Gasteiger partial charge in [0.25, 0.3) is 0 Å². The summed E-state index contributed by atoms with van der Waals surface area (Å²) < 4.78 is 19.2. The molecular weight excluding hydrogens is 268 g/mol. The second kappa shape index (κ2) is 8.73. The predicted octanol–water partition coefficient (Wildman–Crippen LogP) is 1.07. The van der Waals surface area contributed by atoms with Gasteiger partial charge in [-0.2, -0.15) is 0 Å². The second-order valence-corrected chi connectivity index (χ2v) is 3.47. The molecule has 2 amide bonds. The number of amides is 2. The maximum Gasteiger partial charge on any atom is 0.414 e. The summed E-state index contributed by atoms with van der Waals surface area (Å²) >= 11 is 0. The maximum atomic E-state index is 11.2. The Labute approximate surface area is 115 Å². The highest BCUT2D eigenvalue weighted by Crippen LogP contribution is 2.17. The zero-order chi connectivity index (χ0) is 14.8. The number of rotatable bonds is 6. The topological polar surface area (TPSA) is 95.1 Å². The Morgan fingerprint density at radius 1 is 0.850 bits per heavy atom. The van der Waals surface area contributed by atoms with Crippen LogP contribution in [0, 0.1) is 0 Å². The first-order chi connectivity index (χ1) is 9.65. The molecule has 0 aliphatic heterocycles. The van der Waals surface area contributed by atoms with Crippen LogP contribution in [0.2, 0.25) is 0 Å². The molecular formula is C12H16N2O6. The lowest BCUT2D eigenvalue weighted by Crippen LogP contribution is -2.28. The van der Waals surface area contributed by atoms with E-state index in [1.54, 1.807) is 0 Å². The largest absolute Gasteiger partial charge is 0.414 e. The summed E-state index contributed by atoms with van der Waals surface area (Å²) in [4.78, 5) is 22.5. The molecule has 20 heavy (non-hydrogen) atoms. The van der Waals surface area contributed by atoms with Gasteiger partial charge in [0.15, 0.2) is 0 Å². The first-order valence-corrected chi connectivity index (χ1v) is 5.65. The molecule has 1 rings (SSSR count). The molecule has 0 radical (unpaired) electrons. The van der Waals surface area contributed by atoms with E-state index in [1.165, 1.54) is 38.5 Å². The van der Waals surface area contributed by atoms with Crippen LogP contribution in [-0.4, -0.2) is 39.9 Å². The lowest BCUT2D eigenvalue weighted by molar-refractivity contribution is 0.152. The van der Waals surface area contributed by atoms with Crippen LogP contribution < -0.4 is 20.1 Å². The Bertz CT molecular complexity index is 393. The van der Waals surface area contributed by atoms with E-state index in [1.807, 2.05) is 0 Å². The first-order valence-electron chi connectivity index (χ1n) is 5.65. The molecule has 1 aromatic rings. The molecule has 0 aromatic heterocycles. The van der Waals surface area contributed by atoms with E-state index in [4.69, 9.17) is 9.47 Å². The Morgan fingerprint density at radius 3 is 1.50 bits per heavy atom. The molecule has 0 saturated heterocycles. The molecule has 0 bridgehead atoms. The van der Waals surface area contributed by atoms with E-state index in [0.717, 1.165) is 0 Å². The van der Waals surface area contributed by atoms with E-state index in [9.17, 15) is 9.59 Å². The first kappa shape index (κ1) is 15.7. The molecule has 0 atom stereocenters. The van der Waals surface area contributed by atoms with Crippen molar-refractivity contribution in [3.05, 3.63) is 24.3 Å². The van der Waals surface area contributed by atoms with Crippen LogP contribution >= 0.6 is 0 Å². The van der Waals surface area contributed by atoms with Gasteiger partial charge in [0.2, 0.25) is 0 Å². The standard InChI is InChI=1S/C12H16N2O6/c1-17-7-13-11(15)19-9-3-5-10(6-4-9)20-12(16)14-8-18-2/h3-6H,7-8H2,1-2H3,(H,13,15)(H,14,16). The van der Waals surface area contributed by atoms with Crippen molar-refractivity contribution in [2.45, 2.75) is 0 Å². The van der Waals surface area contributed by atoms with Gasteiger partial charge in [-0.25, -0.2) is 9.59 Å². The molecule has 0 heterocycles. The van der Waals surface area contributed by atoms with E-state index < -0.39 is 12.2 Å². The molecule has 2 N–H and O–H groups in total. The van der Waals surface area contributed by atoms with Gasteiger partial charge in [-0.3, -0.25) is 10.6 Å². The number of hydrogen-bond donors (Lipinski definition) is 2. The highest BCUT2D eigenvalue weighted by Gasteiger charge is 2.06. The van der Waals surface area contributed by atoms with Crippen LogP contribution in [0.3, 0.4) is 0 Å². The minimum absolute atomic E-state index is 0.0553. The third kappa shape index (κ3) is 6.03. The summed E-state index contributed by atoms with van der Waals surface area (Å²) in [5.41, 5.74) is 0. The fourth-order valence-corrected chi connectivity index (χ4v) is 1.12. The highest BCUT2D eigenvalue weighted by atomic mass is 16.6. The number of carbonyl (C=O) groups is 2. The fourth-order valence-electron chi connectivity index (χ4n) is 1.12. The molecule has 0 spiro atoms. The second-order valence-electron chi connectivity index (χ2n) is 3.47. The quantitative estimate of drug-likeness (QED) is 0.759. The summed E-state index contributed by atoms with van der Waals surface area (Å²) in [5, 5.41) is 4.72. The van der Waals surface area contributed by atoms with Crippen LogP contribution in [-0.2, 0) is 9.47 Å². The number of methoxy groups -OCH3 is 2. The van der Waals surface area contributed by atoms with Gasteiger partial charge < -0.3 is 18.9 Å². The summed E-state index contributed by atoms with van der Waals surface area (Å²) in [6.45, 7) is 0.111. The lowest BCUT2D eigenvalue weighted by atomic mass is 10.3. The van der Waals surface area contributed by atoms with E-state index in [-0.39, 0.29) is 13.5 Å². The van der Waals surface area contributed by atoms with Crippen molar-refractivity contribution in [3.63, 3.8) is 0 Å². The van der Waals surface area contributed by atoms with Crippen molar-refractivity contribution in [2.24, 2.45) is 0 Å². The average Bonchev–Trinajstić information content (AvgIpc) is 2.45. The van der Waals surface area contributed by atoms with Gasteiger partial charge in [-0.05, 0) is 24.3 Å². The molecule has 0 unspecified atom stereocenters. The van der Waals surface area contributed by atoms with E-state index >= 15 is 0 Å². The zero-order valence-corrected chi connectivity index (χ0v) is 11.2. The average molecular weight is 284 g/mol. The summed E-state index contributed by atoms with van der Waals surface area (Å²) in [6, 6.07) is 5.97. The monoisotopic (exact) mass is 284 g/mol.